The molecule has 1 aromatic heterocycles. The van der Waals surface area contributed by atoms with E-state index < -0.39 is 29.9 Å². The SMILES string of the molecule is COC(=O)C(C)n1cc(/C=C2\C(=O)N(c3ccc(C(=O)O)cc3)N=C2N)c2cc(C(=O)O)ccc21. The van der Waals surface area contributed by atoms with E-state index in [4.69, 9.17) is 15.6 Å². The minimum Gasteiger partial charge on any atom is -0.478 e. The Hall–Kier alpha value is -4.93. The molecule has 0 saturated heterocycles. The molecule has 0 spiro atoms. The van der Waals surface area contributed by atoms with Crippen molar-refractivity contribution in [3.05, 3.63) is 70.9 Å². The van der Waals surface area contributed by atoms with Crippen molar-refractivity contribution in [3.63, 3.8) is 0 Å². The molecule has 4 rings (SSSR count). The molecule has 4 N–H and O–H groups in total. The first-order valence-electron chi connectivity index (χ1n) is 10.3. The van der Waals surface area contributed by atoms with E-state index in [2.05, 4.69) is 5.10 Å². The van der Waals surface area contributed by atoms with Crippen LogP contribution in [0.4, 0.5) is 5.69 Å². The molecule has 1 atom stereocenters. The smallest absolute Gasteiger partial charge is 0.335 e. The molecule has 1 aliphatic rings. The van der Waals surface area contributed by atoms with Crippen molar-refractivity contribution in [1.82, 2.24) is 4.57 Å². The van der Waals surface area contributed by atoms with Gasteiger partial charge in [0.15, 0.2) is 5.84 Å². The Kier molecular flexibility index (Phi) is 5.83. The molecule has 35 heavy (non-hydrogen) atoms. The summed E-state index contributed by atoms with van der Waals surface area (Å²) in [5, 5.41) is 24.1. The summed E-state index contributed by atoms with van der Waals surface area (Å²) in [7, 11) is 1.27. The highest BCUT2D eigenvalue weighted by Crippen LogP contribution is 2.30. The molecule has 0 aliphatic carbocycles. The average molecular weight is 476 g/mol. The number of carboxylic acid groups (broad SMARTS) is 2. The standard InChI is InChI=1S/C24H20N4O7/c1-12(24(34)35-2)27-11-15(17-9-14(23(32)33)5-8-19(17)27)10-18-20(25)26-28(21(18)29)16-6-3-13(4-7-16)22(30)31/h3-12H,1-2H3,(H2,25,26)(H,30,31)(H,32,33)/b18-10-. The van der Waals surface area contributed by atoms with Gasteiger partial charge in [0.05, 0.1) is 29.5 Å². The first-order chi connectivity index (χ1) is 16.6. The highest BCUT2D eigenvalue weighted by molar-refractivity contribution is 6.32. The van der Waals surface area contributed by atoms with Crippen LogP contribution in [0.15, 0.2) is 59.3 Å². The minimum absolute atomic E-state index is 0.0279. The number of aromatic carboxylic acids is 2. The number of anilines is 1. The first-order valence-corrected chi connectivity index (χ1v) is 10.3. The zero-order valence-corrected chi connectivity index (χ0v) is 18.6. The van der Waals surface area contributed by atoms with Crippen LogP contribution in [-0.2, 0) is 14.3 Å². The number of esters is 1. The summed E-state index contributed by atoms with van der Waals surface area (Å²) in [6.07, 6.45) is 3.08. The van der Waals surface area contributed by atoms with Gasteiger partial charge in [-0.25, -0.2) is 14.4 Å². The van der Waals surface area contributed by atoms with Crippen LogP contribution in [-0.4, -0.2) is 51.5 Å². The van der Waals surface area contributed by atoms with Gasteiger partial charge in [-0.2, -0.15) is 5.01 Å². The van der Waals surface area contributed by atoms with Crippen LogP contribution in [0.3, 0.4) is 0 Å². The molecule has 2 heterocycles. The summed E-state index contributed by atoms with van der Waals surface area (Å²) >= 11 is 0. The van der Waals surface area contributed by atoms with Gasteiger partial charge in [0.2, 0.25) is 0 Å². The number of fused-ring (bicyclic) bond motifs is 1. The van der Waals surface area contributed by atoms with Gasteiger partial charge in [0.1, 0.15) is 6.04 Å². The molecule has 3 aromatic rings. The van der Waals surface area contributed by atoms with E-state index in [-0.39, 0.29) is 22.5 Å². The number of hydrogen-bond acceptors (Lipinski definition) is 7. The number of rotatable bonds is 6. The number of amides is 1. The van der Waals surface area contributed by atoms with E-state index in [1.165, 1.54) is 49.6 Å². The van der Waals surface area contributed by atoms with Crippen molar-refractivity contribution in [1.29, 1.82) is 0 Å². The quantitative estimate of drug-likeness (QED) is 0.361. The monoisotopic (exact) mass is 476 g/mol. The Morgan fingerprint density at radius 1 is 1.06 bits per heavy atom. The zero-order valence-electron chi connectivity index (χ0n) is 18.6. The predicted octanol–water partition coefficient (Wildman–Crippen LogP) is 2.47. The van der Waals surface area contributed by atoms with Crippen LogP contribution in [0.1, 0.15) is 39.2 Å². The Labute approximate surface area is 198 Å². The van der Waals surface area contributed by atoms with Crippen LogP contribution in [0.2, 0.25) is 0 Å². The number of ether oxygens (including phenoxy) is 1. The third-order valence-corrected chi connectivity index (χ3v) is 5.64. The van der Waals surface area contributed by atoms with Crippen molar-refractivity contribution in [3.8, 4) is 0 Å². The lowest BCUT2D eigenvalue weighted by Gasteiger charge is -2.12. The number of aromatic nitrogens is 1. The highest BCUT2D eigenvalue weighted by atomic mass is 16.5. The molecular formula is C24H20N4O7. The molecule has 1 amide bonds. The lowest BCUT2D eigenvalue weighted by atomic mass is 10.1. The predicted molar refractivity (Wildman–Crippen MR) is 126 cm³/mol. The van der Waals surface area contributed by atoms with Crippen LogP contribution in [0, 0.1) is 0 Å². The van der Waals surface area contributed by atoms with E-state index in [1.807, 2.05) is 0 Å². The fourth-order valence-electron chi connectivity index (χ4n) is 3.78. The van der Waals surface area contributed by atoms with Crippen LogP contribution in [0.25, 0.3) is 17.0 Å². The van der Waals surface area contributed by atoms with Crippen molar-refractivity contribution in [2.45, 2.75) is 13.0 Å². The number of carbonyl (C=O) groups excluding carboxylic acids is 2. The largest absolute Gasteiger partial charge is 0.478 e. The van der Waals surface area contributed by atoms with E-state index in [0.717, 1.165) is 5.01 Å². The van der Waals surface area contributed by atoms with Gasteiger partial charge in [-0.15, -0.1) is 5.10 Å². The normalized spacial score (nSPS) is 15.4. The molecular weight excluding hydrogens is 456 g/mol. The summed E-state index contributed by atoms with van der Waals surface area (Å²) < 4.78 is 6.45. The van der Waals surface area contributed by atoms with Crippen molar-refractivity contribution >= 4 is 52.3 Å². The minimum atomic E-state index is -1.13. The van der Waals surface area contributed by atoms with Crippen molar-refractivity contribution in [2.24, 2.45) is 10.8 Å². The third kappa shape index (κ3) is 4.10. The number of carboxylic acids is 2. The number of nitrogens with zero attached hydrogens (tertiary/aromatic N) is 3. The molecule has 1 aliphatic heterocycles. The van der Waals surface area contributed by atoms with E-state index in [1.54, 1.807) is 23.8 Å². The summed E-state index contributed by atoms with van der Waals surface area (Å²) in [6.45, 7) is 1.63. The second kappa shape index (κ2) is 8.78. The zero-order chi connectivity index (χ0) is 25.4. The number of hydrazone groups is 1. The van der Waals surface area contributed by atoms with Gasteiger partial charge in [0, 0.05) is 22.7 Å². The maximum absolute atomic E-state index is 13.1. The second-order valence-electron chi connectivity index (χ2n) is 7.74. The summed E-state index contributed by atoms with van der Waals surface area (Å²) in [6, 6.07) is 9.26. The maximum Gasteiger partial charge on any atom is 0.335 e. The first kappa shape index (κ1) is 23.2. The summed E-state index contributed by atoms with van der Waals surface area (Å²) in [5.41, 5.74) is 7.49. The van der Waals surface area contributed by atoms with E-state index >= 15 is 0 Å². The van der Waals surface area contributed by atoms with Crippen LogP contribution >= 0.6 is 0 Å². The Bertz CT molecular complexity index is 1450. The number of hydrogen-bond donors (Lipinski definition) is 3. The molecule has 178 valence electrons. The average Bonchev–Trinajstić information content (AvgIpc) is 3.35. The molecule has 0 saturated carbocycles. The fourth-order valence-corrected chi connectivity index (χ4v) is 3.78. The van der Waals surface area contributed by atoms with Gasteiger partial charge < -0.3 is 25.3 Å². The van der Waals surface area contributed by atoms with Gasteiger partial charge in [-0.3, -0.25) is 4.79 Å². The molecule has 2 aromatic carbocycles. The van der Waals surface area contributed by atoms with Gasteiger partial charge >= 0.3 is 17.9 Å². The number of methoxy groups -OCH3 is 1. The Balaban J connectivity index is 1.80. The van der Waals surface area contributed by atoms with Crippen LogP contribution < -0.4 is 10.7 Å². The summed E-state index contributed by atoms with van der Waals surface area (Å²) in [4.78, 5) is 47.9. The van der Waals surface area contributed by atoms with Gasteiger partial charge in [0.25, 0.3) is 5.91 Å². The maximum atomic E-state index is 13.1. The van der Waals surface area contributed by atoms with Crippen LogP contribution in [0.5, 0.6) is 0 Å². The Morgan fingerprint density at radius 3 is 2.29 bits per heavy atom. The number of benzene rings is 2. The second-order valence-corrected chi connectivity index (χ2v) is 7.74. The molecule has 0 fully saturated rings. The molecule has 11 nitrogen and oxygen atoms in total. The number of amidine groups is 1. The topological polar surface area (TPSA) is 165 Å². The lowest BCUT2D eigenvalue weighted by Crippen LogP contribution is -2.22. The van der Waals surface area contributed by atoms with Gasteiger partial charge in [-0.1, -0.05) is 0 Å². The number of nitrogens with two attached hydrogens (primary N) is 1. The summed E-state index contributed by atoms with van der Waals surface area (Å²) in [5.74, 6) is -3.37. The van der Waals surface area contributed by atoms with E-state index in [0.29, 0.717) is 22.2 Å². The number of carbonyl (C=O) groups is 4. The molecule has 0 bridgehead atoms. The van der Waals surface area contributed by atoms with Crippen molar-refractivity contribution in [2.75, 3.05) is 12.1 Å². The molecule has 11 heteroatoms. The highest BCUT2D eigenvalue weighted by Gasteiger charge is 2.30. The molecule has 0 radical (unpaired) electrons. The Morgan fingerprint density at radius 2 is 1.69 bits per heavy atom. The van der Waals surface area contributed by atoms with E-state index in [9.17, 15) is 24.3 Å². The lowest BCUT2D eigenvalue weighted by molar-refractivity contribution is -0.143. The van der Waals surface area contributed by atoms with Gasteiger partial charge in [-0.05, 0) is 55.5 Å². The van der Waals surface area contributed by atoms with Crippen molar-refractivity contribution < 1.29 is 34.1 Å². The fraction of sp³-hybridized carbons (Fsp3) is 0.125. The third-order valence-electron chi connectivity index (χ3n) is 5.64. The molecule has 1 unspecified atom stereocenters.